The maximum absolute atomic E-state index is 14.1. The minimum absolute atomic E-state index is 0.0506. The van der Waals surface area contributed by atoms with Crippen molar-refractivity contribution in [3.63, 3.8) is 0 Å². The minimum Gasteiger partial charge on any atom is -0.493 e. The molecule has 2 aromatic heterocycles. The van der Waals surface area contributed by atoms with E-state index >= 15 is 0 Å². The zero-order valence-corrected chi connectivity index (χ0v) is 17.6. The molecule has 5 aromatic rings. The highest BCUT2D eigenvalue weighted by molar-refractivity contribution is 6.31. The van der Waals surface area contributed by atoms with E-state index in [9.17, 15) is 9.18 Å². The zero-order valence-electron chi connectivity index (χ0n) is 16.9. The van der Waals surface area contributed by atoms with E-state index in [-0.39, 0.29) is 17.2 Å². The quantitative estimate of drug-likeness (QED) is 0.283. The third-order valence-corrected chi connectivity index (χ3v) is 5.51. The molecule has 0 atom stereocenters. The zero-order chi connectivity index (χ0) is 22.2. The lowest BCUT2D eigenvalue weighted by Crippen LogP contribution is -2.01. The molecule has 3 aromatic carbocycles. The van der Waals surface area contributed by atoms with Crippen molar-refractivity contribution in [3.8, 4) is 22.8 Å². The topological polar surface area (TPSA) is 61.8 Å². The highest BCUT2D eigenvalue weighted by Crippen LogP contribution is 2.36. The van der Waals surface area contributed by atoms with E-state index in [2.05, 4.69) is 0 Å². The van der Waals surface area contributed by atoms with Gasteiger partial charge in [-0.3, -0.25) is 0 Å². The van der Waals surface area contributed by atoms with Gasteiger partial charge < -0.3 is 18.3 Å². The van der Waals surface area contributed by atoms with Gasteiger partial charge in [-0.05, 0) is 42.5 Å². The number of para-hydroxylation sites is 1. The largest absolute Gasteiger partial charge is 0.493 e. The highest BCUT2D eigenvalue weighted by Gasteiger charge is 2.16. The number of methoxy groups -OCH3 is 1. The summed E-state index contributed by atoms with van der Waals surface area (Å²) in [6.07, 6.45) is 0. The molecule has 0 saturated heterocycles. The van der Waals surface area contributed by atoms with E-state index in [1.165, 1.54) is 18.2 Å². The average Bonchev–Trinajstić information content (AvgIpc) is 3.22. The van der Waals surface area contributed by atoms with Crippen LogP contribution in [0.2, 0.25) is 5.02 Å². The molecule has 0 saturated carbocycles. The van der Waals surface area contributed by atoms with Crippen LogP contribution in [0.1, 0.15) is 5.56 Å². The second kappa shape index (κ2) is 8.05. The Kier molecular flexibility index (Phi) is 5.07. The Morgan fingerprint density at radius 3 is 2.66 bits per heavy atom. The lowest BCUT2D eigenvalue weighted by Gasteiger charge is -2.10. The number of benzene rings is 3. The molecule has 0 N–H and O–H groups in total. The first-order chi connectivity index (χ1) is 15.5. The minimum atomic E-state index is -0.508. The summed E-state index contributed by atoms with van der Waals surface area (Å²) in [6.45, 7) is -0.0506. The van der Waals surface area contributed by atoms with Crippen molar-refractivity contribution in [2.24, 2.45) is 0 Å². The summed E-state index contributed by atoms with van der Waals surface area (Å²) in [6, 6.07) is 18.2. The molecule has 7 heteroatoms. The summed E-state index contributed by atoms with van der Waals surface area (Å²) < 4.78 is 36.6. The van der Waals surface area contributed by atoms with Crippen LogP contribution in [-0.4, -0.2) is 7.11 Å². The number of hydrogen-bond acceptors (Lipinski definition) is 5. The molecule has 0 fully saturated rings. The number of hydrogen-bond donors (Lipinski definition) is 0. The Morgan fingerprint density at radius 1 is 1.00 bits per heavy atom. The van der Waals surface area contributed by atoms with Gasteiger partial charge in [0.05, 0.1) is 12.1 Å². The van der Waals surface area contributed by atoms with Crippen LogP contribution in [0.4, 0.5) is 4.39 Å². The van der Waals surface area contributed by atoms with Gasteiger partial charge in [-0.25, -0.2) is 9.18 Å². The number of ether oxygens (including phenoxy) is 2. The van der Waals surface area contributed by atoms with Gasteiger partial charge in [0.2, 0.25) is 0 Å². The van der Waals surface area contributed by atoms with Gasteiger partial charge in [-0.15, -0.1) is 0 Å². The monoisotopic (exact) mass is 450 g/mol. The fourth-order valence-electron chi connectivity index (χ4n) is 3.59. The lowest BCUT2D eigenvalue weighted by molar-refractivity contribution is 0.300. The molecule has 0 unspecified atom stereocenters. The molecular weight excluding hydrogens is 435 g/mol. The van der Waals surface area contributed by atoms with Crippen molar-refractivity contribution >= 4 is 33.5 Å². The number of fused-ring (bicyclic) bond motifs is 2. The summed E-state index contributed by atoms with van der Waals surface area (Å²) in [5, 5.41) is 1.73. The SMILES string of the molecule is COc1cccc2cc(-c3cc(=O)oc4ccc(OCc5c(F)cccc5Cl)cc34)oc12. The first-order valence-electron chi connectivity index (χ1n) is 9.74. The summed E-state index contributed by atoms with van der Waals surface area (Å²) in [4.78, 5) is 12.2. The van der Waals surface area contributed by atoms with E-state index < -0.39 is 11.4 Å². The normalized spacial score (nSPS) is 11.2. The molecule has 32 heavy (non-hydrogen) atoms. The Balaban J connectivity index is 1.58. The predicted molar refractivity (Wildman–Crippen MR) is 120 cm³/mol. The van der Waals surface area contributed by atoms with Crippen molar-refractivity contribution in [2.45, 2.75) is 6.61 Å². The molecule has 0 aliphatic rings. The van der Waals surface area contributed by atoms with Crippen molar-refractivity contribution in [1.29, 1.82) is 0 Å². The summed E-state index contributed by atoms with van der Waals surface area (Å²) in [5.41, 5.74) is 1.25. The molecule has 0 bridgehead atoms. The average molecular weight is 451 g/mol. The van der Waals surface area contributed by atoms with Gasteiger partial charge in [0.25, 0.3) is 0 Å². The number of furan rings is 1. The van der Waals surface area contributed by atoms with Crippen molar-refractivity contribution < 1.29 is 22.7 Å². The summed E-state index contributed by atoms with van der Waals surface area (Å²) in [7, 11) is 1.56. The fraction of sp³-hybridized carbons (Fsp3) is 0.0800. The van der Waals surface area contributed by atoms with E-state index in [0.717, 1.165) is 5.39 Å². The highest BCUT2D eigenvalue weighted by atomic mass is 35.5. The van der Waals surface area contributed by atoms with Gasteiger partial charge in [-0.1, -0.05) is 29.8 Å². The molecule has 160 valence electrons. The van der Waals surface area contributed by atoms with Gasteiger partial charge in [0, 0.05) is 28.0 Å². The first-order valence-corrected chi connectivity index (χ1v) is 10.1. The third kappa shape index (κ3) is 3.59. The van der Waals surface area contributed by atoms with Crippen LogP contribution in [0.25, 0.3) is 33.3 Å². The number of halogens is 2. The number of rotatable bonds is 5. The molecule has 0 aliphatic heterocycles. The van der Waals surface area contributed by atoms with Crippen LogP contribution < -0.4 is 15.1 Å². The van der Waals surface area contributed by atoms with Gasteiger partial charge in [-0.2, -0.15) is 0 Å². The van der Waals surface area contributed by atoms with E-state index in [1.54, 1.807) is 37.4 Å². The summed E-state index contributed by atoms with van der Waals surface area (Å²) >= 11 is 6.08. The van der Waals surface area contributed by atoms with Gasteiger partial charge >= 0.3 is 5.63 Å². The van der Waals surface area contributed by atoms with Crippen LogP contribution in [-0.2, 0) is 6.61 Å². The maximum atomic E-state index is 14.1. The van der Waals surface area contributed by atoms with E-state index in [0.29, 0.717) is 39.4 Å². The van der Waals surface area contributed by atoms with Crippen LogP contribution in [0.3, 0.4) is 0 Å². The Bertz CT molecular complexity index is 1500. The van der Waals surface area contributed by atoms with E-state index in [4.69, 9.17) is 29.9 Å². The maximum Gasteiger partial charge on any atom is 0.336 e. The van der Waals surface area contributed by atoms with Gasteiger partial charge in [0.1, 0.15) is 29.5 Å². The third-order valence-electron chi connectivity index (χ3n) is 5.15. The van der Waals surface area contributed by atoms with Crippen molar-refractivity contribution in [2.75, 3.05) is 7.11 Å². The molecule has 0 spiro atoms. The van der Waals surface area contributed by atoms with Crippen LogP contribution in [0.15, 0.2) is 80.4 Å². The van der Waals surface area contributed by atoms with Gasteiger partial charge in [0.15, 0.2) is 11.3 Å². The van der Waals surface area contributed by atoms with Crippen molar-refractivity contribution in [1.82, 2.24) is 0 Å². The predicted octanol–water partition coefficient (Wildman–Crippen LogP) is 6.59. The first kappa shape index (κ1) is 20.2. The van der Waals surface area contributed by atoms with Crippen molar-refractivity contribution in [3.05, 3.63) is 93.6 Å². The second-order valence-electron chi connectivity index (χ2n) is 7.12. The molecule has 5 rings (SSSR count). The lowest BCUT2D eigenvalue weighted by atomic mass is 10.1. The van der Waals surface area contributed by atoms with E-state index in [1.807, 2.05) is 18.2 Å². The van der Waals surface area contributed by atoms with Crippen LogP contribution >= 0.6 is 11.6 Å². The second-order valence-corrected chi connectivity index (χ2v) is 7.52. The molecule has 0 radical (unpaired) electrons. The van der Waals surface area contributed by atoms with Crippen LogP contribution in [0, 0.1) is 5.82 Å². The molecule has 0 amide bonds. The Morgan fingerprint density at radius 2 is 1.84 bits per heavy atom. The molecular formula is C25H16ClFO5. The Labute approximate surface area is 186 Å². The fourth-order valence-corrected chi connectivity index (χ4v) is 3.81. The molecule has 0 aliphatic carbocycles. The van der Waals surface area contributed by atoms with Crippen LogP contribution in [0.5, 0.6) is 11.5 Å². The summed E-state index contributed by atoms with van der Waals surface area (Å²) in [5.74, 6) is 1.09. The molecule has 5 nitrogen and oxygen atoms in total. The standard InChI is InChI=1S/C25H16ClFO5/c1-29-22-7-2-4-14-10-23(32-25(14)22)17-12-24(28)31-21-9-8-15(11-16(17)21)30-13-18-19(26)5-3-6-20(18)27/h2-12H,13H2,1H3. The molecule has 2 heterocycles. The smallest absolute Gasteiger partial charge is 0.336 e. The Hall–Kier alpha value is -3.77.